The number of sulfonamides is 2. The van der Waals surface area contributed by atoms with E-state index < -0.39 is 32.1 Å². The Kier molecular flexibility index (Phi) is 6.57. The molecule has 1 aliphatic rings. The minimum atomic E-state index is -4.34. The summed E-state index contributed by atoms with van der Waals surface area (Å²) in [5.41, 5.74) is 5.56. The van der Waals surface area contributed by atoms with Gasteiger partial charge in [0.15, 0.2) is 6.17 Å². The standard InChI is InChI=1S/C15H21ClN6O5S3/c1-10-12(13(16)20(2)19-10)30(26,27)22-8-7-21(15(22)14(23)18-6-5-17)29(24,25)11-4-3-9-28-11/h3-4,9,15H,5-8,17H2,1-2H3,(H,18,23). The molecule has 0 spiro atoms. The molecule has 1 amide bonds. The highest BCUT2D eigenvalue weighted by Crippen LogP contribution is 2.34. The van der Waals surface area contributed by atoms with E-state index in [9.17, 15) is 21.6 Å². The van der Waals surface area contributed by atoms with Crippen LogP contribution in [0.2, 0.25) is 5.15 Å². The molecule has 15 heteroatoms. The number of hydrogen-bond acceptors (Lipinski definition) is 8. The summed E-state index contributed by atoms with van der Waals surface area (Å²) in [6.45, 7) is 1.22. The maximum Gasteiger partial charge on any atom is 0.254 e. The van der Waals surface area contributed by atoms with Crippen molar-refractivity contribution in [2.75, 3.05) is 26.2 Å². The lowest BCUT2D eigenvalue weighted by molar-refractivity contribution is -0.126. The molecule has 1 saturated heterocycles. The molecular weight excluding hydrogens is 476 g/mol. The number of halogens is 1. The van der Waals surface area contributed by atoms with Crippen molar-refractivity contribution in [3.63, 3.8) is 0 Å². The van der Waals surface area contributed by atoms with Crippen LogP contribution < -0.4 is 11.1 Å². The largest absolute Gasteiger partial charge is 0.352 e. The Labute approximate surface area is 183 Å². The summed E-state index contributed by atoms with van der Waals surface area (Å²) >= 11 is 7.12. The molecule has 1 fully saturated rings. The zero-order valence-corrected chi connectivity index (χ0v) is 19.4. The summed E-state index contributed by atoms with van der Waals surface area (Å²) in [6.07, 6.45) is -1.62. The van der Waals surface area contributed by atoms with Crippen LogP contribution in [0.25, 0.3) is 0 Å². The number of aryl methyl sites for hydroxylation is 2. The van der Waals surface area contributed by atoms with Crippen LogP contribution in [-0.2, 0) is 31.9 Å². The SMILES string of the molecule is Cc1nn(C)c(Cl)c1S(=O)(=O)N1CCN(S(=O)(=O)c2cccs2)C1C(=O)NCCN. The van der Waals surface area contributed by atoms with Crippen molar-refractivity contribution in [3.05, 3.63) is 28.4 Å². The molecule has 2 aromatic rings. The fourth-order valence-corrected chi connectivity index (χ4v) is 8.16. The van der Waals surface area contributed by atoms with E-state index in [1.165, 1.54) is 24.7 Å². The van der Waals surface area contributed by atoms with E-state index in [4.69, 9.17) is 17.3 Å². The van der Waals surface area contributed by atoms with Gasteiger partial charge < -0.3 is 11.1 Å². The maximum atomic E-state index is 13.4. The molecule has 1 aliphatic heterocycles. The van der Waals surface area contributed by atoms with Gasteiger partial charge in [0.1, 0.15) is 14.3 Å². The van der Waals surface area contributed by atoms with Crippen molar-refractivity contribution in [3.8, 4) is 0 Å². The molecule has 0 aliphatic carbocycles. The number of carbonyl (C=O) groups is 1. The van der Waals surface area contributed by atoms with Gasteiger partial charge in [0.2, 0.25) is 10.0 Å². The van der Waals surface area contributed by atoms with Crippen LogP contribution in [0.3, 0.4) is 0 Å². The number of nitrogens with one attached hydrogen (secondary N) is 1. The van der Waals surface area contributed by atoms with E-state index in [2.05, 4.69) is 10.4 Å². The van der Waals surface area contributed by atoms with Crippen molar-refractivity contribution in [2.45, 2.75) is 22.2 Å². The smallest absolute Gasteiger partial charge is 0.254 e. The molecule has 0 saturated carbocycles. The maximum absolute atomic E-state index is 13.4. The lowest BCUT2D eigenvalue weighted by Crippen LogP contribution is -2.54. The summed E-state index contributed by atoms with van der Waals surface area (Å²) in [5, 5.41) is 7.94. The first-order valence-corrected chi connectivity index (χ1v) is 12.9. The van der Waals surface area contributed by atoms with Gasteiger partial charge in [-0.1, -0.05) is 17.7 Å². The van der Waals surface area contributed by atoms with Crippen LogP contribution in [-0.4, -0.2) is 73.5 Å². The summed E-state index contributed by atoms with van der Waals surface area (Å²) < 4.78 is 55.9. The Balaban J connectivity index is 2.09. The predicted molar refractivity (Wildman–Crippen MR) is 111 cm³/mol. The molecule has 3 N–H and O–H groups in total. The number of aromatic nitrogens is 2. The number of carbonyl (C=O) groups excluding carboxylic acids is 1. The van der Waals surface area contributed by atoms with Gasteiger partial charge in [-0.3, -0.25) is 9.48 Å². The van der Waals surface area contributed by atoms with E-state index in [-0.39, 0.29) is 46.1 Å². The number of rotatable bonds is 7. The van der Waals surface area contributed by atoms with Gasteiger partial charge in [-0.25, -0.2) is 16.8 Å². The zero-order valence-electron chi connectivity index (χ0n) is 16.1. The van der Waals surface area contributed by atoms with Gasteiger partial charge >= 0.3 is 0 Å². The highest BCUT2D eigenvalue weighted by molar-refractivity contribution is 7.91. The predicted octanol–water partition coefficient (Wildman–Crippen LogP) is -0.460. The van der Waals surface area contributed by atoms with Crippen molar-refractivity contribution in [1.82, 2.24) is 23.7 Å². The highest BCUT2D eigenvalue weighted by atomic mass is 35.5. The zero-order chi connectivity index (χ0) is 22.3. The van der Waals surface area contributed by atoms with Gasteiger partial charge in [-0.15, -0.1) is 11.3 Å². The van der Waals surface area contributed by atoms with Gasteiger partial charge in [0, 0.05) is 33.2 Å². The van der Waals surface area contributed by atoms with E-state index >= 15 is 0 Å². The van der Waals surface area contributed by atoms with Crippen molar-refractivity contribution in [2.24, 2.45) is 12.8 Å². The second kappa shape index (κ2) is 8.53. The van der Waals surface area contributed by atoms with Crippen LogP contribution in [0.4, 0.5) is 0 Å². The average molecular weight is 497 g/mol. The molecule has 166 valence electrons. The Hall–Kier alpha value is -1.55. The third-order valence-corrected chi connectivity index (χ3v) is 10.3. The van der Waals surface area contributed by atoms with Crippen molar-refractivity contribution >= 4 is 48.9 Å². The highest BCUT2D eigenvalue weighted by Gasteiger charge is 2.50. The fourth-order valence-electron chi connectivity index (χ4n) is 3.18. The van der Waals surface area contributed by atoms with Crippen LogP contribution in [0.5, 0.6) is 0 Å². The van der Waals surface area contributed by atoms with Gasteiger partial charge in [-0.05, 0) is 18.4 Å². The minimum absolute atomic E-state index is 0.00830. The van der Waals surface area contributed by atoms with E-state index in [0.717, 1.165) is 19.9 Å². The van der Waals surface area contributed by atoms with Crippen molar-refractivity contribution < 1.29 is 21.6 Å². The van der Waals surface area contributed by atoms with Crippen LogP contribution >= 0.6 is 22.9 Å². The summed E-state index contributed by atoms with van der Waals surface area (Å²) in [5.74, 6) is -0.792. The summed E-state index contributed by atoms with van der Waals surface area (Å²) in [7, 11) is -6.96. The number of nitrogens with zero attached hydrogens (tertiary/aromatic N) is 4. The molecule has 0 bridgehead atoms. The molecule has 0 radical (unpaired) electrons. The molecule has 0 aromatic carbocycles. The van der Waals surface area contributed by atoms with Gasteiger partial charge in [-0.2, -0.15) is 13.7 Å². The topological polar surface area (TPSA) is 148 Å². The Morgan fingerprint density at radius 2 is 1.93 bits per heavy atom. The summed E-state index contributed by atoms with van der Waals surface area (Å²) in [4.78, 5) is 12.6. The first-order chi connectivity index (χ1) is 14.0. The van der Waals surface area contributed by atoms with Crippen LogP contribution in [0.1, 0.15) is 5.69 Å². The lowest BCUT2D eigenvalue weighted by Gasteiger charge is -2.27. The molecule has 11 nitrogen and oxygen atoms in total. The first-order valence-electron chi connectivity index (χ1n) is 8.77. The average Bonchev–Trinajstić information content (AvgIpc) is 3.40. The van der Waals surface area contributed by atoms with E-state index in [1.807, 2.05) is 0 Å². The minimum Gasteiger partial charge on any atom is -0.352 e. The Morgan fingerprint density at radius 1 is 1.30 bits per heavy atom. The van der Waals surface area contributed by atoms with Crippen LogP contribution in [0.15, 0.2) is 26.6 Å². The quantitative estimate of drug-likeness (QED) is 0.527. The Morgan fingerprint density at radius 3 is 2.43 bits per heavy atom. The normalized spacial score (nSPS) is 18.7. The third kappa shape index (κ3) is 3.88. The summed E-state index contributed by atoms with van der Waals surface area (Å²) in [6, 6.07) is 2.96. The molecule has 2 aromatic heterocycles. The molecular formula is C15H21ClN6O5S3. The van der Waals surface area contributed by atoms with E-state index in [0.29, 0.717) is 0 Å². The van der Waals surface area contributed by atoms with E-state index in [1.54, 1.807) is 11.4 Å². The molecule has 1 unspecified atom stereocenters. The molecule has 3 rings (SSSR count). The molecule has 1 atom stereocenters. The van der Waals surface area contributed by atoms with Gasteiger partial charge in [0.05, 0.1) is 5.69 Å². The molecule has 30 heavy (non-hydrogen) atoms. The number of thiophene rings is 1. The van der Waals surface area contributed by atoms with Crippen molar-refractivity contribution in [1.29, 1.82) is 0 Å². The van der Waals surface area contributed by atoms with Gasteiger partial charge in [0.25, 0.3) is 15.9 Å². The fraction of sp³-hybridized carbons (Fsp3) is 0.467. The lowest BCUT2D eigenvalue weighted by atomic mass is 10.4. The second-order valence-corrected chi connectivity index (χ2v) is 11.7. The number of amides is 1. The molecule has 3 heterocycles. The second-order valence-electron chi connectivity index (χ2n) is 6.45. The Bertz CT molecular complexity index is 1150. The number of nitrogens with two attached hydrogens (primary N) is 1. The monoisotopic (exact) mass is 496 g/mol. The van der Waals surface area contributed by atoms with Crippen LogP contribution in [0, 0.1) is 6.92 Å². The third-order valence-electron chi connectivity index (χ3n) is 4.49. The number of hydrogen-bond donors (Lipinski definition) is 2. The first kappa shape index (κ1) is 23.1.